The standard InChI is InChI=1S/C27H36N4O3S/c1-2-3-16-28-27-29-17-24-25(18-31(26(24)30-27)20-10-12-21(32)13-11-20)19-8-14-23(15-9-19)35(33,34)22-6-4-5-7-22/h8-9,14-15,17-18,20-22,32H,2-7,10-13,16H2,1H3,(H,28,29,30)/t20-,21-. The fourth-order valence-electron chi connectivity index (χ4n) is 5.55. The van der Waals surface area contributed by atoms with Crippen molar-refractivity contribution >= 4 is 26.8 Å². The number of unbranched alkanes of at least 4 members (excludes halogenated alkanes) is 1. The molecule has 8 heteroatoms. The molecular formula is C27H36N4O3S. The van der Waals surface area contributed by atoms with Crippen LogP contribution in [0.5, 0.6) is 0 Å². The molecule has 5 rings (SSSR count). The number of fused-ring (bicyclic) bond motifs is 1. The fourth-order valence-corrected chi connectivity index (χ4v) is 7.41. The Labute approximate surface area is 207 Å². The minimum Gasteiger partial charge on any atom is -0.393 e. The number of aliphatic hydroxyl groups is 1. The number of nitrogens with zero attached hydrogens (tertiary/aromatic N) is 3. The molecule has 188 valence electrons. The quantitative estimate of drug-likeness (QED) is 0.400. The van der Waals surface area contributed by atoms with Crippen LogP contribution in [0.15, 0.2) is 41.6 Å². The van der Waals surface area contributed by atoms with Crippen LogP contribution in [-0.2, 0) is 9.84 Å². The van der Waals surface area contributed by atoms with E-state index in [1.165, 1.54) is 0 Å². The van der Waals surface area contributed by atoms with E-state index < -0.39 is 9.84 Å². The van der Waals surface area contributed by atoms with Crippen molar-refractivity contribution in [1.82, 2.24) is 14.5 Å². The van der Waals surface area contributed by atoms with Gasteiger partial charge in [0, 0.05) is 35.9 Å². The van der Waals surface area contributed by atoms with Crippen LogP contribution in [0.25, 0.3) is 22.2 Å². The van der Waals surface area contributed by atoms with Gasteiger partial charge in [0.05, 0.1) is 16.2 Å². The molecule has 35 heavy (non-hydrogen) atoms. The normalized spacial score (nSPS) is 21.5. The van der Waals surface area contributed by atoms with Crippen molar-refractivity contribution in [3.8, 4) is 11.1 Å². The molecule has 0 amide bonds. The maximum absolute atomic E-state index is 13.0. The van der Waals surface area contributed by atoms with Crippen LogP contribution in [0, 0.1) is 0 Å². The average molecular weight is 497 g/mol. The first-order valence-electron chi connectivity index (χ1n) is 13.1. The van der Waals surface area contributed by atoms with Gasteiger partial charge in [-0.3, -0.25) is 0 Å². The topological polar surface area (TPSA) is 97.1 Å². The van der Waals surface area contributed by atoms with Crippen LogP contribution >= 0.6 is 0 Å². The second-order valence-corrected chi connectivity index (χ2v) is 12.3. The highest BCUT2D eigenvalue weighted by molar-refractivity contribution is 7.92. The molecule has 3 aromatic rings. The van der Waals surface area contributed by atoms with E-state index in [9.17, 15) is 13.5 Å². The number of benzene rings is 1. The van der Waals surface area contributed by atoms with Crippen molar-refractivity contribution in [2.24, 2.45) is 0 Å². The summed E-state index contributed by atoms with van der Waals surface area (Å²) < 4.78 is 28.3. The van der Waals surface area contributed by atoms with Gasteiger partial charge in [-0.25, -0.2) is 13.4 Å². The third-order valence-electron chi connectivity index (χ3n) is 7.68. The van der Waals surface area contributed by atoms with E-state index in [1.807, 2.05) is 18.3 Å². The summed E-state index contributed by atoms with van der Waals surface area (Å²) in [4.78, 5) is 9.87. The highest BCUT2D eigenvalue weighted by Crippen LogP contribution is 2.37. The van der Waals surface area contributed by atoms with Crippen molar-refractivity contribution in [3.63, 3.8) is 0 Å². The van der Waals surface area contributed by atoms with Crippen LogP contribution in [0.3, 0.4) is 0 Å². The van der Waals surface area contributed by atoms with Gasteiger partial charge in [-0.2, -0.15) is 4.98 Å². The molecule has 0 saturated heterocycles. The van der Waals surface area contributed by atoms with Crippen molar-refractivity contribution < 1.29 is 13.5 Å². The van der Waals surface area contributed by atoms with Crippen molar-refractivity contribution in [2.45, 2.75) is 93.4 Å². The van der Waals surface area contributed by atoms with E-state index in [4.69, 9.17) is 4.98 Å². The molecule has 2 aliphatic carbocycles. The van der Waals surface area contributed by atoms with E-state index in [-0.39, 0.29) is 17.4 Å². The first-order valence-corrected chi connectivity index (χ1v) is 14.7. The van der Waals surface area contributed by atoms with E-state index in [2.05, 4.69) is 28.0 Å². The first-order chi connectivity index (χ1) is 17.0. The molecule has 0 unspecified atom stereocenters. The Balaban J connectivity index is 1.50. The number of aliphatic hydroxyl groups excluding tert-OH is 1. The Hall–Kier alpha value is -2.45. The maximum atomic E-state index is 13.0. The van der Waals surface area contributed by atoms with Gasteiger partial charge < -0.3 is 15.0 Å². The Bertz CT molecular complexity index is 1260. The molecule has 0 spiro atoms. The molecule has 0 bridgehead atoms. The molecule has 1 aromatic carbocycles. The lowest BCUT2D eigenvalue weighted by Gasteiger charge is -2.27. The Kier molecular flexibility index (Phi) is 7.12. The summed E-state index contributed by atoms with van der Waals surface area (Å²) in [5.74, 6) is 0.630. The minimum atomic E-state index is -3.28. The van der Waals surface area contributed by atoms with E-state index in [1.54, 1.807) is 12.1 Å². The minimum absolute atomic E-state index is 0.220. The van der Waals surface area contributed by atoms with Gasteiger partial charge in [-0.05, 0) is 62.6 Å². The summed E-state index contributed by atoms with van der Waals surface area (Å²) in [6.45, 7) is 2.99. The summed E-state index contributed by atoms with van der Waals surface area (Å²) in [5.41, 5.74) is 2.86. The second-order valence-electron chi connectivity index (χ2n) is 10.1. The molecule has 2 saturated carbocycles. The number of anilines is 1. The van der Waals surface area contributed by atoms with Gasteiger partial charge in [-0.15, -0.1) is 0 Å². The first kappa shape index (κ1) is 24.3. The number of nitrogens with one attached hydrogen (secondary N) is 1. The molecule has 2 heterocycles. The molecule has 0 aliphatic heterocycles. The highest BCUT2D eigenvalue weighted by Gasteiger charge is 2.30. The van der Waals surface area contributed by atoms with Crippen molar-refractivity contribution in [1.29, 1.82) is 0 Å². The van der Waals surface area contributed by atoms with Crippen molar-refractivity contribution in [2.75, 3.05) is 11.9 Å². The Morgan fingerprint density at radius 3 is 2.46 bits per heavy atom. The molecular weight excluding hydrogens is 460 g/mol. The number of rotatable bonds is 8. The predicted molar refractivity (Wildman–Crippen MR) is 139 cm³/mol. The summed E-state index contributed by atoms with van der Waals surface area (Å²) >= 11 is 0. The lowest BCUT2D eigenvalue weighted by molar-refractivity contribution is 0.111. The zero-order valence-electron chi connectivity index (χ0n) is 20.5. The lowest BCUT2D eigenvalue weighted by Crippen LogP contribution is -2.21. The van der Waals surface area contributed by atoms with Gasteiger partial charge in [0.2, 0.25) is 5.95 Å². The third-order valence-corrected chi connectivity index (χ3v) is 9.96. The number of sulfone groups is 1. The summed E-state index contributed by atoms with van der Waals surface area (Å²) in [5, 5.41) is 14.1. The molecule has 2 aliphatic rings. The monoisotopic (exact) mass is 496 g/mol. The Morgan fingerprint density at radius 1 is 1.06 bits per heavy atom. The fraction of sp³-hybridized carbons (Fsp3) is 0.556. The van der Waals surface area contributed by atoms with Crippen LogP contribution in [0.1, 0.15) is 77.2 Å². The van der Waals surface area contributed by atoms with Crippen LogP contribution < -0.4 is 5.32 Å². The van der Waals surface area contributed by atoms with Crippen LogP contribution in [0.4, 0.5) is 5.95 Å². The molecule has 0 atom stereocenters. The van der Waals surface area contributed by atoms with E-state index in [0.717, 1.165) is 92.9 Å². The smallest absolute Gasteiger partial charge is 0.224 e. The van der Waals surface area contributed by atoms with Gasteiger partial charge in [-0.1, -0.05) is 38.3 Å². The number of aromatic nitrogens is 3. The number of hydrogen-bond donors (Lipinski definition) is 2. The summed E-state index contributed by atoms with van der Waals surface area (Å²) in [6, 6.07) is 7.61. The summed E-state index contributed by atoms with van der Waals surface area (Å²) in [6.07, 6.45) is 12.9. The Morgan fingerprint density at radius 2 is 1.77 bits per heavy atom. The lowest BCUT2D eigenvalue weighted by atomic mass is 9.93. The second kappa shape index (κ2) is 10.3. The molecule has 2 N–H and O–H groups in total. The summed E-state index contributed by atoms with van der Waals surface area (Å²) in [7, 11) is -3.28. The third kappa shape index (κ3) is 4.96. The predicted octanol–water partition coefficient (Wildman–Crippen LogP) is 5.50. The van der Waals surface area contributed by atoms with Crippen LogP contribution in [-0.4, -0.2) is 46.0 Å². The highest BCUT2D eigenvalue weighted by atomic mass is 32.2. The molecule has 2 fully saturated rings. The van der Waals surface area contributed by atoms with E-state index in [0.29, 0.717) is 10.8 Å². The van der Waals surface area contributed by atoms with E-state index >= 15 is 0 Å². The molecule has 7 nitrogen and oxygen atoms in total. The van der Waals surface area contributed by atoms with Gasteiger partial charge in [0.1, 0.15) is 5.65 Å². The molecule has 2 aromatic heterocycles. The zero-order valence-corrected chi connectivity index (χ0v) is 21.3. The molecule has 0 radical (unpaired) electrons. The van der Waals surface area contributed by atoms with Crippen LogP contribution in [0.2, 0.25) is 0 Å². The average Bonchev–Trinajstić information content (AvgIpc) is 3.54. The number of hydrogen-bond acceptors (Lipinski definition) is 6. The van der Waals surface area contributed by atoms with Gasteiger partial charge in [0.15, 0.2) is 9.84 Å². The largest absolute Gasteiger partial charge is 0.393 e. The van der Waals surface area contributed by atoms with Gasteiger partial charge >= 0.3 is 0 Å². The van der Waals surface area contributed by atoms with Crippen molar-refractivity contribution in [3.05, 3.63) is 36.7 Å². The zero-order chi connectivity index (χ0) is 24.4. The maximum Gasteiger partial charge on any atom is 0.224 e. The SMILES string of the molecule is CCCCNc1ncc2c(-c3ccc(S(=O)(=O)C4CCCC4)cc3)cn([C@H]3CC[C@H](O)CC3)c2n1. The van der Waals surface area contributed by atoms with Gasteiger partial charge in [0.25, 0.3) is 0 Å².